The normalized spacial score (nSPS) is 16.5. The highest BCUT2D eigenvalue weighted by Gasteiger charge is 2.24. The van der Waals surface area contributed by atoms with Crippen LogP contribution in [0.4, 0.5) is 11.4 Å². The zero-order valence-electron chi connectivity index (χ0n) is 14.7. The molecule has 0 aromatic heterocycles. The minimum Gasteiger partial charge on any atom is -0.484 e. The van der Waals surface area contributed by atoms with E-state index in [1.54, 1.807) is 29.7 Å². The van der Waals surface area contributed by atoms with Crippen molar-refractivity contribution in [3.05, 3.63) is 58.1 Å². The Kier molecular flexibility index (Phi) is 5.46. The smallest absolute Gasteiger partial charge is 0.272 e. The van der Waals surface area contributed by atoms with Crippen molar-refractivity contribution in [2.24, 2.45) is 0 Å². The van der Waals surface area contributed by atoms with Gasteiger partial charge in [-0.3, -0.25) is 14.9 Å². The molecule has 0 bridgehead atoms. The summed E-state index contributed by atoms with van der Waals surface area (Å²) in [6.45, 7) is 4.35. The molecule has 1 atom stereocenters. The van der Waals surface area contributed by atoms with Crippen molar-refractivity contribution in [1.29, 1.82) is 0 Å². The van der Waals surface area contributed by atoms with Crippen molar-refractivity contribution in [2.45, 2.75) is 30.4 Å². The highest BCUT2D eigenvalue weighted by atomic mass is 32.2. The van der Waals surface area contributed by atoms with Crippen LogP contribution >= 0.6 is 11.8 Å². The first-order valence-electron chi connectivity index (χ1n) is 8.39. The van der Waals surface area contributed by atoms with Crippen LogP contribution in [0.2, 0.25) is 0 Å². The summed E-state index contributed by atoms with van der Waals surface area (Å²) in [7, 11) is 0. The van der Waals surface area contributed by atoms with Crippen LogP contribution in [0.25, 0.3) is 0 Å². The number of fused-ring (bicyclic) bond motifs is 1. The van der Waals surface area contributed by atoms with Gasteiger partial charge < -0.3 is 9.64 Å². The van der Waals surface area contributed by atoms with Crippen LogP contribution in [-0.4, -0.2) is 29.2 Å². The van der Waals surface area contributed by atoms with E-state index in [-0.39, 0.29) is 18.2 Å². The Bertz CT molecular complexity index is 840. The van der Waals surface area contributed by atoms with Crippen molar-refractivity contribution in [2.75, 3.05) is 18.1 Å². The van der Waals surface area contributed by atoms with Gasteiger partial charge in [-0.2, -0.15) is 0 Å². The molecule has 7 heteroatoms. The maximum absolute atomic E-state index is 12.7. The number of carbonyl (C=O) groups is 1. The molecule has 1 aliphatic rings. The predicted molar refractivity (Wildman–Crippen MR) is 102 cm³/mol. The van der Waals surface area contributed by atoms with Crippen molar-refractivity contribution < 1.29 is 14.5 Å². The molecule has 0 radical (unpaired) electrons. The van der Waals surface area contributed by atoms with Crippen LogP contribution in [0, 0.1) is 17.0 Å². The fourth-order valence-electron chi connectivity index (χ4n) is 2.89. The van der Waals surface area contributed by atoms with E-state index in [9.17, 15) is 14.9 Å². The second-order valence-corrected chi connectivity index (χ2v) is 7.70. The maximum Gasteiger partial charge on any atom is 0.272 e. The third-order valence-electron chi connectivity index (χ3n) is 4.27. The molecule has 136 valence electrons. The zero-order valence-corrected chi connectivity index (χ0v) is 15.5. The number of thioether (sulfide) groups is 1. The van der Waals surface area contributed by atoms with Crippen LogP contribution in [-0.2, 0) is 4.79 Å². The molecule has 1 aliphatic heterocycles. The van der Waals surface area contributed by atoms with Gasteiger partial charge in [0, 0.05) is 28.3 Å². The van der Waals surface area contributed by atoms with Gasteiger partial charge in [0.2, 0.25) is 0 Å². The number of nitro groups is 1. The number of para-hydroxylation sites is 1. The Morgan fingerprint density at radius 3 is 2.85 bits per heavy atom. The number of benzene rings is 2. The second kappa shape index (κ2) is 7.78. The molecule has 1 heterocycles. The Morgan fingerprint density at radius 2 is 2.12 bits per heavy atom. The van der Waals surface area contributed by atoms with Crippen LogP contribution in [0.1, 0.15) is 18.9 Å². The summed E-state index contributed by atoms with van der Waals surface area (Å²) in [6.07, 6.45) is 0.904. The summed E-state index contributed by atoms with van der Waals surface area (Å²) >= 11 is 1.78. The Morgan fingerprint density at radius 1 is 1.35 bits per heavy atom. The largest absolute Gasteiger partial charge is 0.484 e. The highest BCUT2D eigenvalue weighted by molar-refractivity contribution is 8.00. The molecule has 0 aliphatic carbocycles. The van der Waals surface area contributed by atoms with E-state index in [2.05, 4.69) is 6.92 Å². The average Bonchev–Trinajstić information content (AvgIpc) is 2.77. The quantitative estimate of drug-likeness (QED) is 0.594. The standard InChI is InChI=1S/C19H20N2O4S/c1-13-11-15(7-8-16(13)21(23)24)25-12-19(22)20-10-9-14(2)26-18-6-4-3-5-17(18)20/h3-8,11,14H,9-10,12H2,1-2H3. The number of rotatable bonds is 4. The minimum atomic E-state index is -0.433. The minimum absolute atomic E-state index is 0.0381. The molecule has 0 saturated carbocycles. The van der Waals surface area contributed by atoms with Crippen LogP contribution in [0.3, 0.4) is 0 Å². The van der Waals surface area contributed by atoms with Crippen LogP contribution < -0.4 is 9.64 Å². The van der Waals surface area contributed by atoms with Crippen LogP contribution in [0.15, 0.2) is 47.4 Å². The van der Waals surface area contributed by atoms with Gasteiger partial charge in [0.15, 0.2) is 6.61 Å². The fraction of sp³-hybridized carbons (Fsp3) is 0.316. The fourth-order valence-corrected chi connectivity index (χ4v) is 4.00. The highest BCUT2D eigenvalue weighted by Crippen LogP contribution is 2.37. The third-order valence-corrected chi connectivity index (χ3v) is 5.51. The molecule has 26 heavy (non-hydrogen) atoms. The number of amides is 1. The number of nitrogens with zero attached hydrogens (tertiary/aromatic N) is 2. The Labute approximate surface area is 156 Å². The molecule has 0 spiro atoms. The number of aryl methyl sites for hydroxylation is 1. The number of nitro benzene ring substituents is 1. The van der Waals surface area contributed by atoms with E-state index in [4.69, 9.17) is 4.74 Å². The first kappa shape index (κ1) is 18.3. The lowest BCUT2D eigenvalue weighted by atomic mass is 10.2. The van der Waals surface area contributed by atoms with Gasteiger partial charge in [-0.25, -0.2) is 0 Å². The number of anilines is 1. The summed E-state index contributed by atoms with van der Waals surface area (Å²) < 4.78 is 5.60. The first-order chi connectivity index (χ1) is 12.5. The summed E-state index contributed by atoms with van der Waals surface area (Å²) in [5.41, 5.74) is 1.46. The van der Waals surface area contributed by atoms with Gasteiger partial charge in [0.05, 0.1) is 10.6 Å². The maximum atomic E-state index is 12.7. The van der Waals surface area contributed by atoms with E-state index in [1.165, 1.54) is 12.1 Å². The van der Waals surface area contributed by atoms with E-state index >= 15 is 0 Å². The van der Waals surface area contributed by atoms with Gasteiger partial charge in [0.1, 0.15) is 5.75 Å². The molecular weight excluding hydrogens is 352 g/mol. The number of hydrogen-bond acceptors (Lipinski definition) is 5. The summed E-state index contributed by atoms with van der Waals surface area (Å²) in [5.74, 6) is 0.329. The molecule has 6 nitrogen and oxygen atoms in total. The predicted octanol–water partition coefficient (Wildman–Crippen LogP) is 4.20. The SMILES string of the molecule is Cc1cc(OCC(=O)N2CCC(C)Sc3ccccc32)ccc1[N+](=O)[O-]. The summed E-state index contributed by atoms with van der Waals surface area (Å²) in [5, 5.41) is 11.3. The number of hydrogen-bond donors (Lipinski definition) is 0. The molecule has 0 saturated heterocycles. The molecule has 2 aromatic rings. The molecule has 3 rings (SSSR count). The Balaban J connectivity index is 1.72. The monoisotopic (exact) mass is 372 g/mol. The topological polar surface area (TPSA) is 72.7 Å². The first-order valence-corrected chi connectivity index (χ1v) is 9.27. The zero-order chi connectivity index (χ0) is 18.7. The van der Waals surface area contributed by atoms with E-state index in [0.29, 0.717) is 23.1 Å². The third kappa shape index (κ3) is 3.99. The summed E-state index contributed by atoms with van der Waals surface area (Å²) in [6, 6.07) is 12.4. The molecule has 2 aromatic carbocycles. The molecule has 0 fully saturated rings. The van der Waals surface area contributed by atoms with Gasteiger partial charge in [-0.1, -0.05) is 19.1 Å². The van der Waals surface area contributed by atoms with Gasteiger partial charge in [-0.05, 0) is 37.6 Å². The van der Waals surface area contributed by atoms with Gasteiger partial charge >= 0.3 is 0 Å². The van der Waals surface area contributed by atoms with Crippen molar-refractivity contribution in [3.8, 4) is 5.75 Å². The molecule has 1 amide bonds. The van der Waals surface area contributed by atoms with Gasteiger partial charge in [-0.15, -0.1) is 11.8 Å². The lowest BCUT2D eigenvalue weighted by molar-refractivity contribution is -0.385. The average molecular weight is 372 g/mol. The van der Waals surface area contributed by atoms with Crippen molar-refractivity contribution >= 4 is 29.0 Å². The number of carbonyl (C=O) groups excluding carboxylic acids is 1. The van der Waals surface area contributed by atoms with Crippen molar-refractivity contribution in [1.82, 2.24) is 0 Å². The van der Waals surface area contributed by atoms with Crippen molar-refractivity contribution in [3.63, 3.8) is 0 Å². The van der Waals surface area contributed by atoms with E-state index in [1.807, 2.05) is 24.3 Å². The molecular formula is C19H20N2O4S. The van der Waals surface area contributed by atoms with E-state index < -0.39 is 4.92 Å². The lowest BCUT2D eigenvalue weighted by Crippen LogP contribution is -2.36. The number of ether oxygens (including phenoxy) is 1. The van der Waals surface area contributed by atoms with E-state index in [0.717, 1.165) is 17.0 Å². The second-order valence-electron chi connectivity index (χ2n) is 6.22. The molecule has 1 unspecified atom stereocenters. The lowest BCUT2D eigenvalue weighted by Gasteiger charge is -2.22. The molecule has 0 N–H and O–H groups in total. The summed E-state index contributed by atoms with van der Waals surface area (Å²) in [4.78, 5) is 26.0. The van der Waals surface area contributed by atoms with Crippen LogP contribution in [0.5, 0.6) is 5.75 Å². The van der Waals surface area contributed by atoms with Gasteiger partial charge in [0.25, 0.3) is 11.6 Å². The Hall–Kier alpha value is -2.54.